The third-order valence-corrected chi connectivity index (χ3v) is 12.6. The number of anilines is 2. The van der Waals surface area contributed by atoms with Crippen molar-refractivity contribution in [3.8, 4) is 5.75 Å². The maximum absolute atomic E-state index is 13.7. The smallest absolute Gasteiger partial charge is 0.316 e. The van der Waals surface area contributed by atoms with Crippen molar-refractivity contribution in [2.24, 2.45) is 17.8 Å². The average molecular weight is 677 g/mol. The van der Waals surface area contributed by atoms with Gasteiger partial charge in [-0.3, -0.25) is 19.2 Å². The lowest BCUT2D eigenvalue weighted by Gasteiger charge is -2.34. The fourth-order valence-corrected chi connectivity index (χ4v) is 9.21. The van der Waals surface area contributed by atoms with Gasteiger partial charge in [-0.05, 0) is 55.3 Å². The van der Waals surface area contributed by atoms with Crippen molar-refractivity contribution in [3.63, 3.8) is 0 Å². The van der Waals surface area contributed by atoms with E-state index in [2.05, 4.69) is 0 Å². The molecule has 4 aliphatic rings. The number of nitrogens with zero attached hydrogens (tertiary/aromatic N) is 2. The van der Waals surface area contributed by atoms with E-state index in [1.807, 2.05) is 31.2 Å². The molecule has 1 saturated carbocycles. The largest absolute Gasteiger partial charge is 0.426 e. The van der Waals surface area contributed by atoms with Crippen LogP contribution in [-0.4, -0.2) is 44.3 Å². The van der Waals surface area contributed by atoms with Crippen LogP contribution in [0.4, 0.5) is 11.4 Å². The number of benzene rings is 2. The molecule has 0 radical (unpaired) electrons. The number of alkyl halides is 4. The minimum atomic E-state index is -2.02. The number of hydrogen-bond donors (Lipinski definition) is 0. The number of esters is 1. The van der Waals surface area contributed by atoms with E-state index in [4.69, 9.17) is 74.3 Å². The molecule has 2 heterocycles. The molecule has 3 amide bonds. The molecule has 0 spiro atoms. The Balaban J connectivity index is 1.22. The second-order valence-electron chi connectivity index (χ2n) is 10.7. The van der Waals surface area contributed by atoms with Crippen LogP contribution in [0.2, 0.25) is 0 Å². The van der Waals surface area contributed by atoms with Crippen LogP contribution in [0.3, 0.4) is 0 Å². The van der Waals surface area contributed by atoms with E-state index in [1.165, 1.54) is 18.2 Å². The molecule has 41 heavy (non-hydrogen) atoms. The number of carbonyl (C=O) groups is 4. The van der Waals surface area contributed by atoms with Crippen molar-refractivity contribution in [3.05, 3.63) is 63.7 Å². The maximum Gasteiger partial charge on any atom is 0.316 e. The first kappa shape index (κ1) is 29.1. The second kappa shape index (κ2) is 9.50. The van der Waals surface area contributed by atoms with Crippen molar-refractivity contribution in [1.82, 2.24) is 0 Å². The van der Waals surface area contributed by atoms with Crippen LogP contribution in [-0.2, 0) is 19.2 Å². The highest BCUT2D eigenvalue weighted by molar-refractivity contribution is 6.67. The number of aryl methyl sites for hydroxylation is 2. The third-order valence-electron chi connectivity index (χ3n) is 8.31. The van der Waals surface area contributed by atoms with Crippen LogP contribution >= 0.6 is 69.6 Å². The van der Waals surface area contributed by atoms with Crippen LogP contribution in [0.1, 0.15) is 17.5 Å². The number of amides is 3. The molecular weight excluding hydrogens is 657 g/mol. The monoisotopic (exact) mass is 674 g/mol. The van der Waals surface area contributed by atoms with Crippen LogP contribution < -0.4 is 14.5 Å². The van der Waals surface area contributed by atoms with E-state index >= 15 is 0 Å². The SMILES string of the molecule is Cc1cccc(N2C[C@H](C(=O)Oc3ccc(N4C(=O)[C@@H]5[C@@H](C4=O)[C@@]4(Cl)C(Cl)=C(Cl)[C@@]5(Cl)C4(Cl)Cl)c(C)c3)CC2=O)c1. The first-order valence-electron chi connectivity index (χ1n) is 12.5. The molecule has 2 aliphatic carbocycles. The Morgan fingerprint density at radius 1 is 0.902 bits per heavy atom. The Labute approximate surface area is 265 Å². The molecule has 2 bridgehead atoms. The van der Waals surface area contributed by atoms with E-state index < -0.39 is 49.6 Å². The maximum atomic E-state index is 13.7. The Bertz CT molecular complexity index is 1560. The highest BCUT2D eigenvalue weighted by Gasteiger charge is 2.87. The Morgan fingerprint density at radius 2 is 1.51 bits per heavy atom. The molecule has 2 saturated heterocycles. The second-order valence-corrected chi connectivity index (χ2v) is 14.0. The van der Waals surface area contributed by atoms with E-state index in [-0.39, 0.29) is 40.4 Å². The minimum Gasteiger partial charge on any atom is -0.426 e. The summed E-state index contributed by atoms with van der Waals surface area (Å²) in [5.74, 6) is -5.08. The Hall–Kier alpha value is -2.00. The van der Waals surface area contributed by atoms with Crippen LogP contribution in [0, 0.1) is 31.6 Å². The van der Waals surface area contributed by atoms with Gasteiger partial charge in [0.05, 0.1) is 33.5 Å². The van der Waals surface area contributed by atoms with Crippen molar-refractivity contribution in [2.45, 2.75) is 34.3 Å². The summed E-state index contributed by atoms with van der Waals surface area (Å²) in [4.78, 5) is 51.6. The number of fused-ring (bicyclic) bond motifs is 5. The van der Waals surface area contributed by atoms with Crippen molar-refractivity contribution in [2.75, 3.05) is 16.3 Å². The first-order valence-corrected chi connectivity index (χ1v) is 14.8. The van der Waals surface area contributed by atoms with Crippen LogP contribution in [0.15, 0.2) is 52.5 Å². The summed E-state index contributed by atoms with van der Waals surface area (Å²) in [5.41, 5.74) is 2.41. The quantitative estimate of drug-likeness (QED) is 0.166. The van der Waals surface area contributed by atoms with Crippen molar-refractivity contribution in [1.29, 1.82) is 0 Å². The van der Waals surface area contributed by atoms with E-state index in [1.54, 1.807) is 11.8 Å². The molecule has 13 heteroatoms. The molecule has 0 aromatic heterocycles. The van der Waals surface area contributed by atoms with Gasteiger partial charge >= 0.3 is 5.97 Å². The van der Waals surface area contributed by atoms with Crippen molar-refractivity contribution >= 4 is 105 Å². The molecular formula is C28H20Cl6N2O5. The van der Waals surface area contributed by atoms with Gasteiger partial charge in [-0.15, -0.1) is 23.2 Å². The number of halogens is 6. The van der Waals surface area contributed by atoms with E-state index in [0.717, 1.165) is 16.2 Å². The van der Waals surface area contributed by atoms with Gasteiger partial charge in [-0.2, -0.15) is 0 Å². The number of rotatable bonds is 4. The predicted octanol–water partition coefficient (Wildman–Crippen LogP) is 6.21. The summed E-state index contributed by atoms with van der Waals surface area (Å²) in [5, 5.41) is -0.342. The normalized spacial score (nSPS) is 31.9. The van der Waals surface area contributed by atoms with Gasteiger partial charge in [-0.25, -0.2) is 4.90 Å². The number of imide groups is 1. The number of allylic oxidation sites excluding steroid dienone is 2. The topological polar surface area (TPSA) is 84.0 Å². The summed E-state index contributed by atoms with van der Waals surface area (Å²) >= 11 is 39.4. The van der Waals surface area contributed by atoms with Gasteiger partial charge in [0.1, 0.15) is 15.5 Å². The molecule has 7 nitrogen and oxygen atoms in total. The highest BCUT2D eigenvalue weighted by atomic mass is 35.5. The standard InChI is InChI=1S/C28H20Cl6N2O5/c1-12-4-3-5-15(8-12)35-11-14(10-18(35)37)25(40)41-16-6-7-17(13(2)9-16)36-23(38)19-20(24(36)39)27(32)22(30)21(29)26(19,31)28(27,33)34/h3-9,14,19-20H,10-11H2,1-2H3/t14-,19+,20+,26-,27-/m1/s1. The summed E-state index contributed by atoms with van der Waals surface area (Å²) in [7, 11) is 0. The number of ether oxygens (including phenoxy) is 1. The van der Waals surface area contributed by atoms with Gasteiger partial charge in [0, 0.05) is 18.7 Å². The van der Waals surface area contributed by atoms with Gasteiger partial charge in [0.25, 0.3) is 0 Å². The van der Waals surface area contributed by atoms with Gasteiger partial charge in [0.15, 0.2) is 4.33 Å². The molecule has 0 N–H and O–H groups in total. The zero-order chi connectivity index (χ0) is 29.8. The first-order chi connectivity index (χ1) is 19.2. The van der Waals surface area contributed by atoms with Crippen LogP contribution in [0.25, 0.3) is 0 Å². The Kier molecular flexibility index (Phi) is 6.74. The lowest BCUT2D eigenvalue weighted by Crippen LogP contribution is -2.50. The molecule has 2 aliphatic heterocycles. The fraction of sp³-hybridized carbons (Fsp3) is 0.357. The number of carbonyl (C=O) groups excluding carboxylic acids is 4. The Morgan fingerprint density at radius 3 is 2.07 bits per heavy atom. The molecule has 3 fully saturated rings. The van der Waals surface area contributed by atoms with E-state index in [0.29, 0.717) is 5.56 Å². The zero-order valence-electron chi connectivity index (χ0n) is 21.4. The highest BCUT2D eigenvalue weighted by Crippen LogP contribution is 2.77. The summed E-state index contributed by atoms with van der Waals surface area (Å²) in [6, 6.07) is 11.9. The molecule has 5 atom stereocenters. The van der Waals surface area contributed by atoms with Crippen LogP contribution in [0.5, 0.6) is 5.75 Å². The molecule has 0 unspecified atom stereocenters. The van der Waals surface area contributed by atoms with Gasteiger partial charge in [-0.1, -0.05) is 58.5 Å². The van der Waals surface area contributed by atoms with Crippen molar-refractivity contribution < 1.29 is 23.9 Å². The van der Waals surface area contributed by atoms with Gasteiger partial charge in [0.2, 0.25) is 17.7 Å². The predicted molar refractivity (Wildman–Crippen MR) is 158 cm³/mol. The molecule has 214 valence electrons. The van der Waals surface area contributed by atoms with E-state index in [9.17, 15) is 19.2 Å². The number of hydrogen-bond acceptors (Lipinski definition) is 5. The third kappa shape index (κ3) is 3.72. The molecule has 2 aromatic rings. The summed E-state index contributed by atoms with van der Waals surface area (Å²) in [6.07, 6.45) is 0.0194. The minimum absolute atomic E-state index is 0.0194. The molecule has 2 aromatic carbocycles. The summed E-state index contributed by atoms with van der Waals surface area (Å²) in [6.45, 7) is 3.76. The molecule has 6 rings (SSSR count). The van der Waals surface area contributed by atoms with Gasteiger partial charge < -0.3 is 9.64 Å². The fourth-order valence-electron chi connectivity index (χ4n) is 6.29. The summed E-state index contributed by atoms with van der Waals surface area (Å²) < 4.78 is 3.57. The average Bonchev–Trinajstić information content (AvgIpc) is 3.50. The lowest BCUT2D eigenvalue weighted by atomic mass is 9.84. The zero-order valence-corrected chi connectivity index (χ0v) is 25.9. The lowest BCUT2D eigenvalue weighted by molar-refractivity contribution is -0.139.